The van der Waals surface area contributed by atoms with E-state index in [9.17, 15) is 4.79 Å². The Morgan fingerprint density at radius 1 is 0.951 bits per heavy atom. The Balaban J connectivity index is 1.21. The van der Waals surface area contributed by atoms with Crippen LogP contribution in [0.2, 0.25) is 0 Å². The summed E-state index contributed by atoms with van der Waals surface area (Å²) in [4.78, 5) is 16.1. The molecule has 0 spiro atoms. The molecule has 1 unspecified atom stereocenters. The molecule has 2 heterocycles. The van der Waals surface area contributed by atoms with Gasteiger partial charge in [-0.3, -0.25) is 9.78 Å². The number of carbonyl (C=O) groups is 1. The van der Waals surface area contributed by atoms with E-state index in [1.54, 1.807) is 24.3 Å². The van der Waals surface area contributed by atoms with Gasteiger partial charge in [0.05, 0.1) is 20.1 Å². The number of ether oxygens (including phenoxy) is 4. The summed E-state index contributed by atoms with van der Waals surface area (Å²) in [6.07, 6.45) is 0.757. The Morgan fingerprint density at radius 2 is 1.73 bits per heavy atom. The van der Waals surface area contributed by atoms with Gasteiger partial charge >= 0.3 is 5.97 Å². The molecule has 0 amide bonds. The summed E-state index contributed by atoms with van der Waals surface area (Å²) < 4.78 is 53.0. The third-order valence-electron chi connectivity index (χ3n) is 7.59. The third kappa shape index (κ3) is 5.34. The van der Waals surface area contributed by atoms with Gasteiger partial charge in [0.1, 0.15) is 29.2 Å². The van der Waals surface area contributed by atoms with Gasteiger partial charge in [0.2, 0.25) is 0 Å². The standard InChI is InChI=1S/C33H29F2NO5/c1-18-12-21(13-19(2)36-18)20-4-9-29(27(35)14-20)41-28-11-8-26(34)33-25(28)7-10-30(33)40-23-5-6-24-22(15-32(37)38-3)17-39-31(24)16-23/h4-6,8-9,11-14,16,22,30H,7,10,15,17H2,1-3H3/t22?,30-/m1/s1. The average Bonchev–Trinajstić information content (AvgIpc) is 3.55. The molecule has 3 aromatic carbocycles. The minimum atomic E-state index is -0.538. The lowest BCUT2D eigenvalue weighted by Gasteiger charge is -2.17. The van der Waals surface area contributed by atoms with E-state index in [0.29, 0.717) is 47.8 Å². The number of hydrogen-bond acceptors (Lipinski definition) is 6. The second kappa shape index (κ2) is 10.8. The summed E-state index contributed by atoms with van der Waals surface area (Å²) in [5.41, 5.74) is 5.29. The first-order chi connectivity index (χ1) is 19.8. The van der Waals surface area contributed by atoms with E-state index in [4.69, 9.17) is 18.9 Å². The van der Waals surface area contributed by atoms with Crippen LogP contribution >= 0.6 is 0 Å². The lowest BCUT2D eigenvalue weighted by atomic mass is 9.98. The fourth-order valence-corrected chi connectivity index (χ4v) is 5.69. The van der Waals surface area contributed by atoms with Crippen LogP contribution in [-0.4, -0.2) is 24.7 Å². The summed E-state index contributed by atoms with van der Waals surface area (Å²) in [5, 5.41) is 0. The van der Waals surface area contributed by atoms with Crippen molar-refractivity contribution >= 4 is 5.97 Å². The summed E-state index contributed by atoms with van der Waals surface area (Å²) in [6, 6.07) is 16.9. The molecule has 2 aliphatic rings. The zero-order valence-corrected chi connectivity index (χ0v) is 23.0. The molecule has 0 radical (unpaired) electrons. The molecule has 1 aliphatic carbocycles. The molecule has 0 saturated carbocycles. The van der Waals surface area contributed by atoms with Crippen molar-refractivity contribution in [2.24, 2.45) is 0 Å². The fraction of sp³-hybridized carbons (Fsp3) is 0.273. The molecular formula is C33H29F2NO5. The molecule has 41 heavy (non-hydrogen) atoms. The van der Waals surface area contributed by atoms with Crippen LogP contribution in [-0.2, 0) is 16.0 Å². The second-order valence-corrected chi connectivity index (χ2v) is 10.5. The molecular weight excluding hydrogens is 528 g/mol. The molecule has 4 aromatic rings. The van der Waals surface area contributed by atoms with Gasteiger partial charge in [-0.15, -0.1) is 0 Å². The van der Waals surface area contributed by atoms with Gasteiger partial charge in [-0.1, -0.05) is 12.1 Å². The number of halogens is 2. The van der Waals surface area contributed by atoms with Crippen molar-refractivity contribution in [3.63, 3.8) is 0 Å². The molecule has 1 aliphatic heterocycles. The Bertz CT molecular complexity index is 1630. The van der Waals surface area contributed by atoms with Gasteiger partial charge in [-0.2, -0.15) is 0 Å². The summed E-state index contributed by atoms with van der Waals surface area (Å²) in [7, 11) is 1.36. The van der Waals surface area contributed by atoms with Crippen LogP contribution < -0.4 is 14.2 Å². The van der Waals surface area contributed by atoms with Crippen LogP contribution in [0.3, 0.4) is 0 Å². The minimum absolute atomic E-state index is 0.0618. The molecule has 6 nitrogen and oxygen atoms in total. The molecule has 1 aromatic heterocycles. The zero-order valence-electron chi connectivity index (χ0n) is 23.0. The van der Waals surface area contributed by atoms with Gasteiger partial charge in [-0.05, 0) is 80.3 Å². The molecule has 6 rings (SSSR count). The van der Waals surface area contributed by atoms with Crippen molar-refractivity contribution in [1.82, 2.24) is 4.98 Å². The molecule has 8 heteroatoms. The quantitative estimate of drug-likeness (QED) is 0.219. The van der Waals surface area contributed by atoms with Crippen LogP contribution in [0.5, 0.6) is 23.0 Å². The van der Waals surface area contributed by atoms with E-state index in [2.05, 4.69) is 4.98 Å². The normalized spacial score (nSPS) is 17.0. The van der Waals surface area contributed by atoms with Gasteiger partial charge in [0, 0.05) is 40.1 Å². The van der Waals surface area contributed by atoms with Crippen molar-refractivity contribution in [3.8, 4) is 34.1 Å². The highest BCUT2D eigenvalue weighted by Gasteiger charge is 2.32. The van der Waals surface area contributed by atoms with Crippen molar-refractivity contribution in [1.29, 1.82) is 0 Å². The van der Waals surface area contributed by atoms with Crippen molar-refractivity contribution < 1.29 is 32.5 Å². The topological polar surface area (TPSA) is 66.9 Å². The number of rotatable bonds is 7. The van der Waals surface area contributed by atoms with Gasteiger partial charge in [0.25, 0.3) is 0 Å². The predicted octanol–water partition coefficient (Wildman–Crippen LogP) is 7.54. The first-order valence-corrected chi connectivity index (χ1v) is 13.5. The largest absolute Gasteiger partial charge is 0.492 e. The maximum Gasteiger partial charge on any atom is 0.306 e. The number of esters is 1. The number of aromatic nitrogens is 1. The van der Waals surface area contributed by atoms with Crippen LogP contribution in [0.25, 0.3) is 11.1 Å². The Hall–Kier alpha value is -4.46. The Kier molecular flexibility index (Phi) is 7.07. The van der Waals surface area contributed by atoms with Crippen LogP contribution in [0.4, 0.5) is 8.78 Å². The molecule has 0 bridgehead atoms. The van der Waals surface area contributed by atoms with E-state index in [0.717, 1.165) is 28.1 Å². The SMILES string of the molecule is COC(=O)CC1COc2cc(O[C@@H]3CCc4c(Oc5ccc(-c6cc(C)nc(C)c6)cc5F)ccc(F)c43)ccc21. The maximum absolute atomic E-state index is 15.2. The molecule has 0 saturated heterocycles. The Labute approximate surface area is 236 Å². The van der Waals surface area contributed by atoms with Crippen LogP contribution in [0, 0.1) is 25.5 Å². The van der Waals surface area contributed by atoms with Crippen molar-refractivity contribution in [3.05, 3.63) is 100 Å². The number of methoxy groups -OCH3 is 1. The number of carbonyl (C=O) groups excluding carboxylic acids is 1. The molecule has 210 valence electrons. The second-order valence-electron chi connectivity index (χ2n) is 10.5. The summed E-state index contributed by atoms with van der Waals surface area (Å²) in [5.74, 6) is 0.356. The zero-order chi connectivity index (χ0) is 28.7. The van der Waals surface area contributed by atoms with E-state index >= 15 is 8.78 Å². The monoisotopic (exact) mass is 557 g/mol. The van der Waals surface area contributed by atoms with E-state index < -0.39 is 17.7 Å². The number of benzene rings is 3. The number of pyridine rings is 1. The smallest absolute Gasteiger partial charge is 0.306 e. The van der Waals surface area contributed by atoms with Gasteiger partial charge in [-0.25, -0.2) is 8.78 Å². The number of nitrogens with zero attached hydrogens (tertiary/aromatic N) is 1. The van der Waals surface area contributed by atoms with Gasteiger partial charge < -0.3 is 18.9 Å². The van der Waals surface area contributed by atoms with E-state index in [1.165, 1.54) is 25.3 Å². The highest BCUT2D eigenvalue weighted by Crippen LogP contribution is 2.45. The van der Waals surface area contributed by atoms with Gasteiger partial charge in [0.15, 0.2) is 11.6 Å². The first-order valence-electron chi connectivity index (χ1n) is 13.5. The number of hydrogen-bond donors (Lipinski definition) is 0. The number of fused-ring (bicyclic) bond motifs is 2. The van der Waals surface area contributed by atoms with E-state index in [1.807, 2.05) is 32.0 Å². The lowest BCUT2D eigenvalue weighted by molar-refractivity contribution is -0.141. The molecule has 2 atom stereocenters. The Morgan fingerprint density at radius 3 is 2.49 bits per heavy atom. The highest BCUT2D eigenvalue weighted by molar-refractivity contribution is 5.71. The average molecular weight is 558 g/mol. The molecule has 0 fully saturated rings. The van der Waals surface area contributed by atoms with Crippen molar-refractivity contribution in [2.45, 2.75) is 45.1 Å². The van der Waals surface area contributed by atoms with Crippen LogP contribution in [0.15, 0.2) is 60.7 Å². The highest BCUT2D eigenvalue weighted by atomic mass is 19.1. The first kappa shape index (κ1) is 26.7. The fourth-order valence-electron chi connectivity index (χ4n) is 5.69. The summed E-state index contributed by atoms with van der Waals surface area (Å²) in [6.45, 7) is 4.18. The maximum atomic E-state index is 15.2. The number of aryl methyl sites for hydroxylation is 2. The van der Waals surface area contributed by atoms with E-state index in [-0.39, 0.29) is 24.1 Å². The minimum Gasteiger partial charge on any atom is -0.492 e. The summed E-state index contributed by atoms with van der Waals surface area (Å²) >= 11 is 0. The van der Waals surface area contributed by atoms with Crippen molar-refractivity contribution in [2.75, 3.05) is 13.7 Å². The third-order valence-corrected chi connectivity index (χ3v) is 7.59. The van der Waals surface area contributed by atoms with Crippen LogP contribution in [0.1, 0.15) is 52.9 Å². The lowest BCUT2D eigenvalue weighted by Crippen LogP contribution is -2.09. The predicted molar refractivity (Wildman–Crippen MR) is 149 cm³/mol. The molecule has 0 N–H and O–H groups in total.